The van der Waals surface area contributed by atoms with E-state index in [1.54, 1.807) is 0 Å². The van der Waals surface area contributed by atoms with Crippen molar-refractivity contribution in [2.45, 2.75) is 76.1 Å². The number of nitrogens with one attached hydrogen (secondary N) is 2. The fraction of sp³-hybridized carbons (Fsp3) is 0.696. The number of unbranched alkanes of at least 4 members (excludes halogenated alkanes) is 1. The van der Waals surface area contributed by atoms with Crippen LogP contribution in [0.15, 0.2) is 12.1 Å². The molecule has 1 aromatic rings. The van der Waals surface area contributed by atoms with Crippen LogP contribution in [0.5, 0.6) is 0 Å². The van der Waals surface area contributed by atoms with E-state index in [0.29, 0.717) is 25.7 Å². The predicted molar refractivity (Wildman–Crippen MR) is 117 cm³/mol. The molecule has 2 aliphatic heterocycles. The van der Waals surface area contributed by atoms with Gasteiger partial charge in [0.05, 0.1) is 6.10 Å². The molecule has 1 fully saturated rings. The van der Waals surface area contributed by atoms with Crippen LogP contribution in [0.1, 0.15) is 56.2 Å². The van der Waals surface area contributed by atoms with Gasteiger partial charge in [0, 0.05) is 31.9 Å². The summed E-state index contributed by atoms with van der Waals surface area (Å²) >= 11 is 0. The van der Waals surface area contributed by atoms with Gasteiger partial charge in [0.1, 0.15) is 17.3 Å². The highest BCUT2D eigenvalue weighted by Crippen LogP contribution is 2.48. The molecule has 34 heavy (non-hydrogen) atoms. The summed E-state index contributed by atoms with van der Waals surface area (Å²) in [6, 6.07) is 2.45. The van der Waals surface area contributed by atoms with E-state index in [4.69, 9.17) is 14.9 Å². The lowest BCUT2D eigenvalue weighted by atomic mass is 9.75. The molecule has 0 aliphatic carbocycles. The van der Waals surface area contributed by atoms with Crippen molar-refractivity contribution in [1.29, 1.82) is 0 Å². The zero-order valence-electron chi connectivity index (χ0n) is 19.0. The van der Waals surface area contributed by atoms with Gasteiger partial charge in [0.25, 0.3) is 0 Å². The number of nitrogens with zero attached hydrogens (tertiary/aromatic N) is 1. The number of anilines is 1. The Labute approximate surface area is 196 Å². The highest BCUT2D eigenvalue weighted by atomic mass is 19.4. The number of hydrogen-bond donors (Lipinski definition) is 4. The Kier molecular flexibility index (Phi) is 8.75. The van der Waals surface area contributed by atoms with Crippen LogP contribution in [0.25, 0.3) is 0 Å². The Hall–Kier alpha value is -2.40. The molecule has 1 aromatic heterocycles. The summed E-state index contributed by atoms with van der Waals surface area (Å²) in [7, 11) is 0. The van der Waals surface area contributed by atoms with E-state index in [0.717, 1.165) is 30.9 Å². The number of halogens is 3. The van der Waals surface area contributed by atoms with Gasteiger partial charge in [0.2, 0.25) is 5.91 Å². The third-order valence-corrected chi connectivity index (χ3v) is 6.62. The summed E-state index contributed by atoms with van der Waals surface area (Å²) in [6.07, 6.45) is -2.69. The lowest BCUT2D eigenvalue weighted by Crippen LogP contribution is -2.58. The fourth-order valence-electron chi connectivity index (χ4n) is 4.60. The summed E-state index contributed by atoms with van der Waals surface area (Å²) in [5, 5.41) is 23.4. The molecule has 0 spiro atoms. The fourth-order valence-corrected chi connectivity index (χ4v) is 4.60. The lowest BCUT2D eigenvalue weighted by Gasteiger charge is -2.41. The number of aryl methyl sites for hydroxylation is 2. The second kappa shape index (κ2) is 11.4. The number of aromatic nitrogens is 1. The second-order valence-corrected chi connectivity index (χ2v) is 8.99. The van der Waals surface area contributed by atoms with E-state index >= 15 is 0 Å². The predicted octanol–water partition coefficient (Wildman–Crippen LogP) is 2.83. The quantitative estimate of drug-likeness (QED) is 0.375. The summed E-state index contributed by atoms with van der Waals surface area (Å²) in [5.41, 5.74) is -0.605. The lowest BCUT2D eigenvalue weighted by molar-refractivity contribution is -0.248. The molecule has 11 heteroatoms. The third-order valence-electron chi connectivity index (χ3n) is 6.62. The van der Waals surface area contributed by atoms with Crippen molar-refractivity contribution in [2.24, 2.45) is 5.41 Å². The third kappa shape index (κ3) is 6.18. The highest BCUT2D eigenvalue weighted by Gasteiger charge is 2.62. The van der Waals surface area contributed by atoms with Crippen LogP contribution in [0, 0.1) is 5.41 Å². The first kappa shape index (κ1) is 26.2. The number of carbonyl (C=O) groups excluding carboxylic acids is 1. The van der Waals surface area contributed by atoms with Gasteiger partial charge in [-0.2, -0.15) is 13.2 Å². The Morgan fingerprint density at radius 3 is 2.82 bits per heavy atom. The molecule has 1 saturated heterocycles. The van der Waals surface area contributed by atoms with Crippen LogP contribution in [-0.2, 0) is 27.2 Å². The molecule has 3 rings (SSSR count). The number of pyridine rings is 1. The van der Waals surface area contributed by atoms with Gasteiger partial charge in [-0.1, -0.05) is 12.5 Å². The van der Waals surface area contributed by atoms with Gasteiger partial charge in [-0.3, -0.25) is 4.79 Å². The number of carbonyl (C=O) groups is 2. The average Bonchev–Trinajstić information content (AvgIpc) is 2.80. The van der Waals surface area contributed by atoms with E-state index in [-0.39, 0.29) is 13.0 Å². The van der Waals surface area contributed by atoms with Crippen LogP contribution in [0.4, 0.5) is 19.0 Å². The molecule has 8 nitrogen and oxygen atoms in total. The molecule has 0 radical (unpaired) electrons. The zero-order chi connectivity index (χ0) is 24.8. The number of ether oxygens (including phenoxy) is 1. The first-order valence-electron chi connectivity index (χ1n) is 11.7. The molecule has 190 valence electrons. The van der Waals surface area contributed by atoms with E-state index in [1.165, 1.54) is 5.56 Å². The van der Waals surface area contributed by atoms with E-state index in [9.17, 15) is 22.8 Å². The molecule has 0 aromatic carbocycles. The SMILES string of the molecule is O=C(O)C(CCO)NC(=O)C1(C(F)(F)F)CCOC(CCCCc2ccc3c(n2)NCCC3)C1. The van der Waals surface area contributed by atoms with Crippen LogP contribution < -0.4 is 10.6 Å². The molecule has 1 amide bonds. The Bertz CT molecular complexity index is 867. The van der Waals surface area contributed by atoms with Crippen molar-refractivity contribution in [3.05, 3.63) is 23.4 Å². The number of carboxylic acids is 1. The minimum atomic E-state index is -4.86. The van der Waals surface area contributed by atoms with E-state index < -0.39 is 55.1 Å². The number of carboxylic acid groups (broad SMARTS) is 1. The second-order valence-electron chi connectivity index (χ2n) is 8.99. The first-order chi connectivity index (χ1) is 16.2. The Morgan fingerprint density at radius 1 is 1.32 bits per heavy atom. The number of amides is 1. The maximum Gasteiger partial charge on any atom is 0.403 e. The number of aliphatic hydroxyl groups excluding tert-OH is 1. The van der Waals surface area contributed by atoms with Crippen molar-refractivity contribution >= 4 is 17.7 Å². The van der Waals surface area contributed by atoms with E-state index in [2.05, 4.69) is 16.4 Å². The van der Waals surface area contributed by atoms with Gasteiger partial charge in [-0.05, 0) is 56.6 Å². The van der Waals surface area contributed by atoms with Gasteiger partial charge < -0.3 is 25.6 Å². The minimum absolute atomic E-state index is 0.243. The largest absolute Gasteiger partial charge is 0.480 e. The molecule has 3 unspecified atom stereocenters. The van der Waals surface area contributed by atoms with Gasteiger partial charge >= 0.3 is 12.1 Å². The number of aliphatic carboxylic acids is 1. The molecule has 3 heterocycles. The van der Waals surface area contributed by atoms with E-state index in [1.807, 2.05) is 11.4 Å². The molecule has 3 atom stereocenters. The normalized spacial score (nSPS) is 23.5. The smallest absolute Gasteiger partial charge is 0.403 e. The summed E-state index contributed by atoms with van der Waals surface area (Å²) in [5.74, 6) is -1.96. The number of hydrogen-bond acceptors (Lipinski definition) is 6. The standard InChI is InChI=1S/C23H32F3N3O5/c24-23(25,26)22(21(33)29-18(9-12-30)20(31)32)10-13-34-17(14-22)6-2-1-5-16-8-7-15-4-3-11-27-19(15)28-16/h7-8,17-18,30H,1-6,9-14H2,(H,27,28)(H,29,33)(H,31,32). The van der Waals surface area contributed by atoms with Crippen molar-refractivity contribution in [2.75, 3.05) is 25.1 Å². The number of fused-ring (bicyclic) bond motifs is 1. The summed E-state index contributed by atoms with van der Waals surface area (Å²) in [6.45, 7) is 0.0781. The molecule has 2 aliphatic rings. The molecule has 0 bridgehead atoms. The first-order valence-corrected chi connectivity index (χ1v) is 11.7. The Balaban J connectivity index is 1.57. The van der Waals surface area contributed by atoms with Crippen LogP contribution in [0.2, 0.25) is 0 Å². The number of aliphatic hydroxyl groups is 1. The van der Waals surface area contributed by atoms with Crippen LogP contribution >= 0.6 is 0 Å². The molecule has 0 saturated carbocycles. The van der Waals surface area contributed by atoms with Gasteiger partial charge in [-0.25, -0.2) is 9.78 Å². The van der Waals surface area contributed by atoms with Gasteiger partial charge in [-0.15, -0.1) is 0 Å². The highest BCUT2D eigenvalue weighted by molar-refractivity contribution is 5.88. The topological polar surface area (TPSA) is 121 Å². The number of rotatable bonds is 10. The van der Waals surface area contributed by atoms with Gasteiger partial charge in [0.15, 0.2) is 0 Å². The maximum atomic E-state index is 14.1. The zero-order valence-corrected chi connectivity index (χ0v) is 19.0. The average molecular weight is 488 g/mol. The van der Waals surface area contributed by atoms with Crippen LogP contribution in [0.3, 0.4) is 0 Å². The van der Waals surface area contributed by atoms with Crippen molar-refractivity contribution in [3.8, 4) is 0 Å². The Morgan fingerprint density at radius 2 is 2.12 bits per heavy atom. The summed E-state index contributed by atoms with van der Waals surface area (Å²) in [4.78, 5) is 28.6. The maximum absolute atomic E-state index is 14.1. The molecular formula is C23H32F3N3O5. The van der Waals surface area contributed by atoms with Crippen LogP contribution in [-0.4, -0.2) is 65.2 Å². The monoisotopic (exact) mass is 487 g/mol. The van der Waals surface area contributed by atoms with Crippen molar-refractivity contribution in [1.82, 2.24) is 10.3 Å². The molecular weight excluding hydrogens is 455 g/mol. The molecule has 4 N–H and O–H groups in total. The summed E-state index contributed by atoms with van der Waals surface area (Å²) < 4.78 is 47.8. The van der Waals surface area contributed by atoms with Crippen molar-refractivity contribution < 1.29 is 37.7 Å². The number of alkyl halides is 3. The van der Waals surface area contributed by atoms with Crippen molar-refractivity contribution in [3.63, 3.8) is 0 Å². The minimum Gasteiger partial charge on any atom is -0.480 e.